The lowest BCUT2D eigenvalue weighted by Gasteiger charge is -2.03. The van der Waals surface area contributed by atoms with Crippen LogP contribution < -0.4 is 10.5 Å². The number of hydrogen-bond donors (Lipinski definition) is 1. The molecule has 0 atom stereocenters. The van der Waals surface area contributed by atoms with Crippen molar-refractivity contribution in [2.75, 3.05) is 7.11 Å². The van der Waals surface area contributed by atoms with Gasteiger partial charge in [-0.3, -0.25) is 0 Å². The second-order valence-corrected chi connectivity index (χ2v) is 3.74. The van der Waals surface area contributed by atoms with Gasteiger partial charge in [-0.2, -0.15) is 0 Å². The maximum atomic E-state index is 6.04. The summed E-state index contributed by atoms with van der Waals surface area (Å²) in [6.45, 7) is 0. The third-order valence-corrected chi connectivity index (χ3v) is 2.52. The monoisotopic (exact) mass is 225 g/mol. The molecule has 2 rings (SSSR count). The molecule has 86 valence electrons. The molecular weight excluding hydrogens is 210 g/mol. The Kier molecular flexibility index (Phi) is 3.46. The van der Waals surface area contributed by atoms with Gasteiger partial charge in [0.25, 0.3) is 0 Å². The van der Waals surface area contributed by atoms with Gasteiger partial charge >= 0.3 is 0 Å². The highest BCUT2D eigenvalue weighted by Gasteiger charge is 1.97. The molecule has 2 N–H and O–H groups in total. The van der Waals surface area contributed by atoms with E-state index in [9.17, 15) is 0 Å². The molecule has 0 aromatic heterocycles. The van der Waals surface area contributed by atoms with Crippen molar-refractivity contribution in [1.82, 2.24) is 0 Å². The number of hydrogen-bond acceptors (Lipinski definition) is 2. The van der Waals surface area contributed by atoms with Crippen molar-refractivity contribution in [2.45, 2.75) is 0 Å². The first-order valence-electron chi connectivity index (χ1n) is 5.46. The van der Waals surface area contributed by atoms with Crippen molar-refractivity contribution < 1.29 is 4.74 Å². The van der Waals surface area contributed by atoms with Gasteiger partial charge in [-0.25, -0.2) is 0 Å². The molecule has 0 saturated carbocycles. The van der Waals surface area contributed by atoms with Crippen LogP contribution in [0.3, 0.4) is 0 Å². The van der Waals surface area contributed by atoms with Crippen molar-refractivity contribution in [3.63, 3.8) is 0 Å². The second kappa shape index (κ2) is 5.21. The normalized spacial score (nSPS) is 11.2. The molecule has 0 spiro atoms. The van der Waals surface area contributed by atoms with Gasteiger partial charge in [-0.15, -0.1) is 0 Å². The quantitative estimate of drug-likeness (QED) is 0.814. The standard InChI is InChI=1S/C15H15NO/c1-17-14-9-5-6-12(10-14)11-15(16)13-7-3-2-4-8-13/h2-11H,16H2,1H3/b15-11+. The zero-order valence-electron chi connectivity index (χ0n) is 9.76. The summed E-state index contributed by atoms with van der Waals surface area (Å²) in [5, 5.41) is 0. The van der Waals surface area contributed by atoms with Gasteiger partial charge in [0, 0.05) is 5.70 Å². The molecule has 2 heteroatoms. The van der Waals surface area contributed by atoms with E-state index in [1.54, 1.807) is 7.11 Å². The Labute approximate surface area is 101 Å². The zero-order chi connectivity index (χ0) is 12.1. The Morgan fingerprint density at radius 1 is 1.06 bits per heavy atom. The SMILES string of the molecule is COc1cccc(/C=C(/N)c2ccccc2)c1. The van der Waals surface area contributed by atoms with Gasteiger partial charge < -0.3 is 10.5 Å². The van der Waals surface area contributed by atoms with Gasteiger partial charge in [-0.1, -0.05) is 42.5 Å². The largest absolute Gasteiger partial charge is 0.497 e. The molecule has 0 heterocycles. The Morgan fingerprint density at radius 2 is 1.82 bits per heavy atom. The predicted molar refractivity (Wildman–Crippen MR) is 71.5 cm³/mol. The van der Waals surface area contributed by atoms with E-state index in [1.165, 1.54) is 0 Å². The molecule has 0 radical (unpaired) electrons. The Hall–Kier alpha value is -2.22. The van der Waals surface area contributed by atoms with Gasteiger partial charge in [-0.05, 0) is 29.3 Å². The molecule has 2 aromatic carbocycles. The van der Waals surface area contributed by atoms with E-state index in [1.807, 2.05) is 60.7 Å². The fraction of sp³-hybridized carbons (Fsp3) is 0.0667. The van der Waals surface area contributed by atoms with Crippen LogP contribution in [0.5, 0.6) is 5.75 Å². The van der Waals surface area contributed by atoms with E-state index >= 15 is 0 Å². The van der Waals surface area contributed by atoms with Crippen molar-refractivity contribution in [1.29, 1.82) is 0 Å². The summed E-state index contributed by atoms with van der Waals surface area (Å²) in [7, 11) is 1.66. The second-order valence-electron chi connectivity index (χ2n) is 3.74. The predicted octanol–water partition coefficient (Wildman–Crippen LogP) is 3.15. The summed E-state index contributed by atoms with van der Waals surface area (Å²) in [6.07, 6.45) is 1.94. The molecule has 17 heavy (non-hydrogen) atoms. The first-order valence-corrected chi connectivity index (χ1v) is 5.46. The molecule has 0 unspecified atom stereocenters. The van der Waals surface area contributed by atoms with E-state index in [4.69, 9.17) is 10.5 Å². The number of benzene rings is 2. The van der Waals surface area contributed by atoms with Crippen LogP contribution >= 0.6 is 0 Å². The Morgan fingerprint density at radius 3 is 2.53 bits per heavy atom. The van der Waals surface area contributed by atoms with Crippen LogP contribution in [0.15, 0.2) is 54.6 Å². The van der Waals surface area contributed by atoms with Crippen LogP contribution in [0.25, 0.3) is 11.8 Å². The van der Waals surface area contributed by atoms with E-state index in [-0.39, 0.29) is 0 Å². The van der Waals surface area contributed by atoms with Crippen LogP contribution in [-0.2, 0) is 0 Å². The Bertz CT molecular complexity index is 517. The van der Waals surface area contributed by atoms with Crippen LogP contribution in [0.2, 0.25) is 0 Å². The summed E-state index contributed by atoms with van der Waals surface area (Å²) < 4.78 is 5.17. The molecule has 0 aliphatic heterocycles. The molecule has 0 bridgehead atoms. The highest BCUT2D eigenvalue weighted by molar-refractivity contribution is 5.79. The van der Waals surface area contributed by atoms with Gasteiger partial charge in [0.2, 0.25) is 0 Å². The lowest BCUT2D eigenvalue weighted by molar-refractivity contribution is 0.414. The van der Waals surface area contributed by atoms with Crippen molar-refractivity contribution in [3.05, 3.63) is 65.7 Å². The molecule has 2 nitrogen and oxygen atoms in total. The minimum atomic E-state index is 0.749. The topological polar surface area (TPSA) is 35.2 Å². The van der Waals surface area contributed by atoms with Crippen LogP contribution in [0.4, 0.5) is 0 Å². The molecule has 0 aliphatic carbocycles. The minimum absolute atomic E-state index is 0.749. The summed E-state index contributed by atoms with van der Waals surface area (Å²) in [6, 6.07) is 17.7. The molecule has 0 fully saturated rings. The molecule has 2 aromatic rings. The van der Waals surface area contributed by atoms with E-state index in [2.05, 4.69) is 0 Å². The summed E-state index contributed by atoms with van der Waals surface area (Å²) in [5.41, 5.74) is 8.84. The maximum absolute atomic E-state index is 6.04. The van der Waals surface area contributed by atoms with Crippen molar-refractivity contribution in [3.8, 4) is 5.75 Å². The zero-order valence-corrected chi connectivity index (χ0v) is 9.76. The van der Waals surface area contributed by atoms with Crippen molar-refractivity contribution in [2.24, 2.45) is 5.73 Å². The molecule has 0 saturated heterocycles. The van der Waals surface area contributed by atoms with E-state index in [0.29, 0.717) is 0 Å². The fourth-order valence-electron chi connectivity index (χ4n) is 1.62. The number of methoxy groups -OCH3 is 1. The number of ether oxygens (including phenoxy) is 1. The third-order valence-electron chi connectivity index (χ3n) is 2.52. The van der Waals surface area contributed by atoms with E-state index < -0.39 is 0 Å². The average Bonchev–Trinajstić information content (AvgIpc) is 2.40. The number of rotatable bonds is 3. The summed E-state index contributed by atoms with van der Waals surface area (Å²) in [4.78, 5) is 0. The lowest BCUT2D eigenvalue weighted by atomic mass is 10.1. The third kappa shape index (κ3) is 2.88. The van der Waals surface area contributed by atoms with Crippen molar-refractivity contribution >= 4 is 11.8 Å². The lowest BCUT2D eigenvalue weighted by Crippen LogP contribution is -1.95. The minimum Gasteiger partial charge on any atom is -0.497 e. The van der Waals surface area contributed by atoms with Gasteiger partial charge in [0.1, 0.15) is 5.75 Å². The highest BCUT2D eigenvalue weighted by Crippen LogP contribution is 2.17. The van der Waals surface area contributed by atoms with Crippen LogP contribution in [0.1, 0.15) is 11.1 Å². The fourth-order valence-corrected chi connectivity index (χ4v) is 1.62. The van der Waals surface area contributed by atoms with Gasteiger partial charge in [0.05, 0.1) is 7.11 Å². The average molecular weight is 225 g/mol. The van der Waals surface area contributed by atoms with Crippen LogP contribution in [-0.4, -0.2) is 7.11 Å². The summed E-state index contributed by atoms with van der Waals surface area (Å²) >= 11 is 0. The maximum Gasteiger partial charge on any atom is 0.119 e. The smallest absolute Gasteiger partial charge is 0.119 e. The molecule has 0 amide bonds. The van der Waals surface area contributed by atoms with Crippen LogP contribution in [0, 0.1) is 0 Å². The highest BCUT2D eigenvalue weighted by atomic mass is 16.5. The first kappa shape index (κ1) is 11.3. The van der Waals surface area contributed by atoms with E-state index in [0.717, 1.165) is 22.6 Å². The molecule has 0 aliphatic rings. The summed E-state index contributed by atoms with van der Waals surface area (Å²) in [5.74, 6) is 0.833. The number of nitrogens with two attached hydrogens (primary N) is 1. The van der Waals surface area contributed by atoms with Gasteiger partial charge in [0.15, 0.2) is 0 Å². The molecular formula is C15H15NO. The first-order chi connectivity index (χ1) is 8.29. The Balaban J connectivity index is 2.29.